The summed E-state index contributed by atoms with van der Waals surface area (Å²) in [7, 11) is 0. The summed E-state index contributed by atoms with van der Waals surface area (Å²) in [5.41, 5.74) is 5.35. The van der Waals surface area contributed by atoms with Crippen molar-refractivity contribution in [1.29, 1.82) is 0 Å². The van der Waals surface area contributed by atoms with Gasteiger partial charge in [-0.15, -0.1) is 0 Å². The monoisotopic (exact) mass is 214 g/mol. The number of rotatable bonds is 6. The molecule has 0 bridgehead atoms. The first-order chi connectivity index (χ1) is 6.61. The SMILES string of the molecule is CC(C(=O)NCCCC(N)=S)C1CC1. The maximum absolute atomic E-state index is 11.5. The Balaban J connectivity index is 2.05. The standard InChI is InChI=1S/C10H18N2OS/c1-7(8-4-5-8)10(13)12-6-2-3-9(11)14/h7-8H,2-6H2,1H3,(H2,11,14)(H,12,13). The van der Waals surface area contributed by atoms with Gasteiger partial charge in [-0.05, 0) is 31.6 Å². The molecule has 0 aromatic carbocycles. The molecule has 0 radical (unpaired) electrons. The third-order valence-electron chi connectivity index (χ3n) is 2.64. The molecule has 4 heteroatoms. The second kappa shape index (κ2) is 5.29. The maximum Gasteiger partial charge on any atom is 0.223 e. The van der Waals surface area contributed by atoms with E-state index in [0.717, 1.165) is 6.42 Å². The molecule has 0 saturated heterocycles. The molecule has 0 aromatic heterocycles. The van der Waals surface area contributed by atoms with Gasteiger partial charge in [-0.2, -0.15) is 0 Å². The van der Waals surface area contributed by atoms with Crippen LogP contribution in [0.1, 0.15) is 32.6 Å². The molecule has 1 fully saturated rings. The lowest BCUT2D eigenvalue weighted by molar-refractivity contribution is -0.125. The van der Waals surface area contributed by atoms with Crippen LogP contribution in [-0.4, -0.2) is 17.4 Å². The van der Waals surface area contributed by atoms with Gasteiger partial charge in [0.05, 0.1) is 4.99 Å². The van der Waals surface area contributed by atoms with Crippen molar-refractivity contribution >= 4 is 23.1 Å². The fourth-order valence-electron chi connectivity index (χ4n) is 1.45. The number of amides is 1. The van der Waals surface area contributed by atoms with Crippen molar-refractivity contribution in [1.82, 2.24) is 5.32 Å². The van der Waals surface area contributed by atoms with E-state index >= 15 is 0 Å². The van der Waals surface area contributed by atoms with Crippen molar-refractivity contribution in [3.8, 4) is 0 Å². The van der Waals surface area contributed by atoms with Gasteiger partial charge in [0.25, 0.3) is 0 Å². The third kappa shape index (κ3) is 4.05. The quantitative estimate of drug-likeness (QED) is 0.516. The third-order valence-corrected chi connectivity index (χ3v) is 2.85. The Kier molecular flexibility index (Phi) is 4.32. The summed E-state index contributed by atoms with van der Waals surface area (Å²) in [6.07, 6.45) is 3.98. The van der Waals surface area contributed by atoms with Gasteiger partial charge in [0.1, 0.15) is 0 Å². The van der Waals surface area contributed by atoms with Crippen molar-refractivity contribution in [3.63, 3.8) is 0 Å². The maximum atomic E-state index is 11.5. The summed E-state index contributed by atoms with van der Waals surface area (Å²) in [5.74, 6) is 0.987. The average Bonchev–Trinajstić information content (AvgIpc) is 2.93. The first-order valence-electron chi connectivity index (χ1n) is 5.17. The van der Waals surface area contributed by atoms with Gasteiger partial charge in [0, 0.05) is 12.5 Å². The zero-order valence-electron chi connectivity index (χ0n) is 8.58. The molecule has 1 rings (SSSR count). The van der Waals surface area contributed by atoms with Crippen LogP contribution in [0.3, 0.4) is 0 Å². The lowest BCUT2D eigenvalue weighted by Gasteiger charge is -2.10. The molecule has 1 aliphatic rings. The van der Waals surface area contributed by atoms with Gasteiger partial charge in [0.15, 0.2) is 0 Å². The van der Waals surface area contributed by atoms with E-state index < -0.39 is 0 Å². The fraction of sp³-hybridized carbons (Fsp3) is 0.800. The number of nitrogens with two attached hydrogens (primary N) is 1. The molecule has 80 valence electrons. The second-order valence-electron chi connectivity index (χ2n) is 3.99. The summed E-state index contributed by atoms with van der Waals surface area (Å²) >= 11 is 4.74. The van der Waals surface area contributed by atoms with Crippen LogP contribution in [0.15, 0.2) is 0 Å². The highest BCUT2D eigenvalue weighted by Crippen LogP contribution is 2.36. The highest BCUT2D eigenvalue weighted by atomic mass is 32.1. The first kappa shape index (κ1) is 11.4. The molecule has 0 aromatic rings. The predicted octanol–water partition coefficient (Wildman–Crippen LogP) is 1.22. The predicted molar refractivity (Wildman–Crippen MR) is 60.9 cm³/mol. The van der Waals surface area contributed by atoms with Crippen molar-refractivity contribution in [2.75, 3.05) is 6.54 Å². The fourth-order valence-corrected chi connectivity index (χ4v) is 1.59. The van der Waals surface area contributed by atoms with Gasteiger partial charge < -0.3 is 11.1 Å². The minimum atomic E-state index is 0.176. The van der Waals surface area contributed by atoms with Crippen LogP contribution in [0.4, 0.5) is 0 Å². The van der Waals surface area contributed by atoms with Crippen LogP contribution >= 0.6 is 12.2 Å². The van der Waals surface area contributed by atoms with E-state index in [1.54, 1.807) is 0 Å². The van der Waals surface area contributed by atoms with Crippen molar-refractivity contribution in [2.24, 2.45) is 17.6 Å². The largest absolute Gasteiger partial charge is 0.393 e. The molecule has 0 aliphatic heterocycles. The van der Waals surface area contributed by atoms with Crippen molar-refractivity contribution < 1.29 is 4.79 Å². The molecule has 1 aliphatic carbocycles. The van der Waals surface area contributed by atoms with Crippen LogP contribution in [0.25, 0.3) is 0 Å². The van der Waals surface area contributed by atoms with Crippen LogP contribution < -0.4 is 11.1 Å². The molecular formula is C10H18N2OS. The lowest BCUT2D eigenvalue weighted by atomic mass is 10.1. The summed E-state index contributed by atoms with van der Waals surface area (Å²) in [6, 6.07) is 0. The molecule has 14 heavy (non-hydrogen) atoms. The summed E-state index contributed by atoms with van der Waals surface area (Å²) in [5, 5.41) is 2.90. The summed E-state index contributed by atoms with van der Waals surface area (Å²) < 4.78 is 0. The number of hydrogen-bond donors (Lipinski definition) is 2. The van der Waals surface area contributed by atoms with Crippen molar-refractivity contribution in [3.05, 3.63) is 0 Å². The van der Waals surface area contributed by atoms with Crippen molar-refractivity contribution in [2.45, 2.75) is 32.6 Å². The van der Waals surface area contributed by atoms with Crippen LogP contribution in [-0.2, 0) is 4.79 Å². The Morgan fingerprint density at radius 3 is 2.79 bits per heavy atom. The molecule has 1 atom stereocenters. The molecule has 3 nitrogen and oxygen atoms in total. The lowest BCUT2D eigenvalue weighted by Crippen LogP contribution is -2.31. The van der Waals surface area contributed by atoms with E-state index in [9.17, 15) is 4.79 Å². The molecule has 0 spiro atoms. The van der Waals surface area contributed by atoms with Gasteiger partial charge in [0.2, 0.25) is 5.91 Å². The normalized spacial score (nSPS) is 17.5. The smallest absolute Gasteiger partial charge is 0.223 e. The Morgan fingerprint density at radius 2 is 2.29 bits per heavy atom. The van der Waals surface area contributed by atoms with E-state index in [0.29, 0.717) is 23.9 Å². The average molecular weight is 214 g/mol. The van der Waals surface area contributed by atoms with Gasteiger partial charge in [-0.25, -0.2) is 0 Å². The Hall–Kier alpha value is -0.640. The number of nitrogens with one attached hydrogen (secondary N) is 1. The van der Waals surface area contributed by atoms with Crippen LogP contribution in [0.2, 0.25) is 0 Å². The minimum Gasteiger partial charge on any atom is -0.393 e. The zero-order valence-corrected chi connectivity index (χ0v) is 9.40. The molecule has 3 N–H and O–H groups in total. The van der Waals surface area contributed by atoms with Gasteiger partial charge in [-0.3, -0.25) is 4.79 Å². The van der Waals surface area contributed by atoms with Gasteiger partial charge >= 0.3 is 0 Å². The first-order valence-corrected chi connectivity index (χ1v) is 5.58. The van der Waals surface area contributed by atoms with E-state index in [1.807, 2.05) is 6.92 Å². The topological polar surface area (TPSA) is 55.1 Å². The van der Waals surface area contributed by atoms with Gasteiger partial charge in [-0.1, -0.05) is 19.1 Å². The Labute approximate surface area is 90.4 Å². The van der Waals surface area contributed by atoms with Crippen LogP contribution in [0, 0.1) is 11.8 Å². The molecule has 1 unspecified atom stereocenters. The molecule has 0 heterocycles. The molecule has 1 saturated carbocycles. The Morgan fingerprint density at radius 1 is 1.64 bits per heavy atom. The number of thiocarbonyl (C=S) groups is 1. The van der Waals surface area contributed by atoms with E-state index in [2.05, 4.69) is 5.32 Å². The number of hydrogen-bond acceptors (Lipinski definition) is 2. The van der Waals surface area contributed by atoms with E-state index in [4.69, 9.17) is 18.0 Å². The van der Waals surface area contributed by atoms with Crippen LogP contribution in [0.5, 0.6) is 0 Å². The summed E-state index contributed by atoms with van der Waals surface area (Å²) in [4.78, 5) is 12.0. The van der Waals surface area contributed by atoms with E-state index in [1.165, 1.54) is 12.8 Å². The highest BCUT2D eigenvalue weighted by molar-refractivity contribution is 7.80. The minimum absolute atomic E-state index is 0.176. The second-order valence-corrected chi connectivity index (χ2v) is 4.51. The zero-order chi connectivity index (χ0) is 10.6. The number of carbonyl (C=O) groups excluding carboxylic acids is 1. The number of carbonyl (C=O) groups is 1. The summed E-state index contributed by atoms with van der Waals surface area (Å²) in [6.45, 7) is 2.69. The molecule has 1 amide bonds. The van der Waals surface area contributed by atoms with E-state index in [-0.39, 0.29) is 11.8 Å². The Bertz CT molecular complexity index is 226. The highest BCUT2D eigenvalue weighted by Gasteiger charge is 2.32. The molecular weight excluding hydrogens is 196 g/mol.